The molecule has 0 amide bonds. The van der Waals surface area contributed by atoms with Crippen LogP contribution in [0.4, 0.5) is 0 Å². The molecule has 80 valence electrons. The second-order valence-corrected chi connectivity index (χ2v) is 5.05. The predicted octanol–water partition coefficient (Wildman–Crippen LogP) is 4.02. The van der Waals surface area contributed by atoms with Gasteiger partial charge in [0.1, 0.15) is 0 Å². The Kier molecular flexibility index (Phi) is 4.98. The molecule has 0 aromatic heterocycles. The highest BCUT2D eigenvalue weighted by Gasteiger charge is 2.30. The molecule has 0 radical (unpaired) electrons. The summed E-state index contributed by atoms with van der Waals surface area (Å²) in [5, 5.41) is 0. The minimum atomic E-state index is 0.0277. The molecule has 1 unspecified atom stereocenters. The van der Waals surface area contributed by atoms with Crippen LogP contribution in [0.3, 0.4) is 0 Å². The zero-order chi connectivity index (χ0) is 10.5. The third-order valence-electron chi connectivity index (χ3n) is 3.11. The van der Waals surface area contributed by atoms with Crippen molar-refractivity contribution in [1.29, 1.82) is 0 Å². The van der Waals surface area contributed by atoms with E-state index in [2.05, 4.69) is 34.6 Å². The van der Waals surface area contributed by atoms with Crippen LogP contribution in [0.1, 0.15) is 60.3 Å². The first-order chi connectivity index (χ1) is 5.89. The molecule has 1 atom stereocenters. The minimum absolute atomic E-state index is 0.0277. The van der Waals surface area contributed by atoms with Gasteiger partial charge in [-0.25, -0.2) is 0 Å². The fourth-order valence-corrected chi connectivity index (χ4v) is 2.09. The number of hydrogen-bond donors (Lipinski definition) is 0. The molecule has 0 saturated carbocycles. The zero-order valence-corrected chi connectivity index (χ0v) is 10.2. The molecule has 0 saturated heterocycles. The summed E-state index contributed by atoms with van der Waals surface area (Å²) in [5.41, 5.74) is 0.480. The van der Waals surface area contributed by atoms with E-state index in [0.717, 1.165) is 6.42 Å². The van der Waals surface area contributed by atoms with Gasteiger partial charge < -0.3 is 4.74 Å². The Bertz CT molecular complexity index is 140. The molecule has 0 aliphatic heterocycles. The largest absolute Gasteiger partial charge is 0.379 e. The molecule has 0 aromatic rings. The first-order valence-electron chi connectivity index (χ1n) is 5.44. The molecule has 0 spiro atoms. The van der Waals surface area contributed by atoms with Crippen molar-refractivity contribution in [3.63, 3.8) is 0 Å². The second kappa shape index (κ2) is 4.99. The molecule has 0 aliphatic rings. The van der Waals surface area contributed by atoms with E-state index in [-0.39, 0.29) is 5.60 Å². The first kappa shape index (κ1) is 13.0. The Morgan fingerprint density at radius 3 is 1.92 bits per heavy atom. The molecule has 0 N–H and O–H groups in total. The number of hydrogen-bond acceptors (Lipinski definition) is 1. The summed E-state index contributed by atoms with van der Waals surface area (Å²) in [7, 11) is 1.81. The Morgan fingerprint density at radius 1 is 1.08 bits per heavy atom. The minimum Gasteiger partial charge on any atom is -0.379 e. The van der Waals surface area contributed by atoms with E-state index >= 15 is 0 Å². The van der Waals surface area contributed by atoms with Crippen LogP contribution in [-0.4, -0.2) is 12.7 Å². The Labute approximate surface area is 83.9 Å². The molecule has 0 fully saturated rings. The van der Waals surface area contributed by atoms with Gasteiger partial charge in [-0.3, -0.25) is 0 Å². The van der Waals surface area contributed by atoms with Crippen LogP contribution in [0.25, 0.3) is 0 Å². The maximum atomic E-state index is 5.48. The van der Waals surface area contributed by atoms with E-state index in [4.69, 9.17) is 4.74 Å². The quantitative estimate of drug-likeness (QED) is 0.609. The monoisotopic (exact) mass is 186 g/mol. The van der Waals surface area contributed by atoms with Gasteiger partial charge in [0.25, 0.3) is 0 Å². The standard InChI is InChI=1S/C12H26O/c1-7-9-12(5,8-2)10-11(3,4)13-6/h7-10H2,1-6H3. The topological polar surface area (TPSA) is 9.23 Å². The fraction of sp³-hybridized carbons (Fsp3) is 1.00. The average molecular weight is 186 g/mol. The Morgan fingerprint density at radius 2 is 1.62 bits per heavy atom. The van der Waals surface area contributed by atoms with Gasteiger partial charge in [0.15, 0.2) is 0 Å². The lowest BCUT2D eigenvalue weighted by atomic mass is 9.75. The lowest BCUT2D eigenvalue weighted by Crippen LogP contribution is -2.31. The summed E-state index contributed by atoms with van der Waals surface area (Å²) < 4.78 is 5.48. The van der Waals surface area contributed by atoms with Crippen LogP contribution < -0.4 is 0 Å². The second-order valence-electron chi connectivity index (χ2n) is 5.05. The molecular formula is C12H26O. The summed E-state index contributed by atoms with van der Waals surface area (Å²) in [4.78, 5) is 0. The third-order valence-corrected chi connectivity index (χ3v) is 3.11. The molecular weight excluding hydrogens is 160 g/mol. The normalized spacial score (nSPS) is 17.1. The lowest BCUT2D eigenvalue weighted by molar-refractivity contribution is -0.0198. The molecule has 1 nitrogen and oxygen atoms in total. The van der Waals surface area contributed by atoms with Crippen molar-refractivity contribution in [3.05, 3.63) is 0 Å². The van der Waals surface area contributed by atoms with Crippen molar-refractivity contribution >= 4 is 0 Å². The summed E-state index contributed by atoms with van der Waals surface area (Å²) in [5.74, 6) is 0. The van der Waals surface area contributed by atoms with Crippen molar-refractivity contribution in [3.8, 4) is 0 Å². The highest BCUT2D eigenvalue weighted by molar-refractivity contribution is 4.81. The smallest absolute Gasteiger partial charge is 0.0627 e. The van der Waals surface area contributed by atoms with E-state index in [0.29, 0.717) is 5.41 Å². The number of methoxy groups -OCH3 is 1. The average Bonchev–Trinajstić information content (AvgIpc) is 2.04. The fourth-order valence-electron chi connectivity index (χ4n) is 2.09. The summed E-state index contributed by atoms with van der Waals surface area (Å²) in [6, 6.07) is 0. The van der Waals surface area contributed by atoms with Crippen molar-refractivity contribution < 1.29 is 4.74 Å². The van der Waals surface area contributed by atoms with E-state index < -0.39 is 0 Å². The summed E-state index contributed by atoms with van der Waals surface area (Å²) >= 11 is 0. The molecule has 0 heterocycles. The van der Waals surface area contributed by atoms with E-state index in [9.17, 15) is 0 Å². The van der Waals surface area contributed by atoms with Gasteiger partial charge in [0.05, 0.1) is 5.60 Å². The molecule has 1 heteroatoms. The summed E-state index contributed by atoms with van der Waals surface area (Å²) in [6.45, 7) is 11.3. The van der Waals surface area contributed by atoms with Crippen LogP contribution in [-0.2, 0) is 4.74 Å². The maximum absolute atomic E-state index is 5.48. The maximum Gasteiger partial charge on any atom is 0.0627 e. The van der Waals surface area contributed by atoms with E-state index in [1.807, 2.05) is 7.11 Å². The highest BCUT2D eigenvalue weighted by atomic mass is 16.5. The van der Waals surface area contributed by atoms with Crippen LogP contribution in [0.15, 0.2) is 0 Å². The number of ether oxygens (including phenoxy) is 1. The third kappa shape index (κ3) is 4.66. The van der Waals surface area contributed by atoms with Gasteiger partial charge in [-0.2, -0.15) is 0 Å². The van der Waals surface area contributed by atoms with Gasteiger partial charge in [-0.05, 0) is 32.1 Å². The van der Waals surface area contributed by atoms with Gasteiger partial charge >= 0.3 is 0 Å². The Hall–Kier alpha value is -0.0400. The van der Waals surface area contributed by atoms with Gasteiger partial charge in [-0.1, -0.05) is 33.6 Å². The van der Waals surface area contributed by atoms with Crippen LogP contribution >= 0.6 is 0 Å². The SMILES string of the molecule is CCCC(C)(CC)CC(C)(C)OC. The van der Waals surface area contributed by atoms with E-state index in [1.165, 1.54) is 19.3 Å². The molecule has 0 aromatic carbocycles. The van der Waals surface area contributed by atoms with Crippen molar-refractivity contribution in [2.24, 2.45) is 5.41 Å². The summed E-state index contributed by atoms with van der Waals surface area (Å²) in [6.07, 6.45) is 4.97. The highest BCUT2D eigenvalue weighted by Crippen LogP contribution is 2.37. The van der Waals surface area contributed by atoms with Gasteiger partial charge in [-0.15, -0.1) is 0 Å². The first-order valence-corrected chi connectivity index (χ1v) is 5.44. The van der Waals surface area contributed by atoms with Crippen molar-refractivity contribution in [2.45, 2.75) is 65.9 Å². The Balaban J connectivity index is 4.25. The molecule has 0 rings (SSSR count). The zero-order valence-electron chi connectivity index (χ0n) is 10.2. The van der Waals surface area contributed by atoms with Crippen LogP contribution in [0.5, 0.6) is 0 Å². The molecule has 0 bridgehead atoms. The lowest BCUT2D eigenvalue weighted by Gasteiger charge is -2.36. The number of rotatable bonds is 6. The van der Waals surface area contributed by atoms with Crippen molar-refractivity contribution in [1.82, 2.24) is 0 Å². The van der Waals surface area contributed by atoms with E-state index in [1.54, 1.807) is 0 Å². The van der Waals surface area contributed by atoms with Crippen LogP contribution in [0.2, 0.25) is 0 Å². The van der Waals surface area contributed by atoms with Crippen LogP contribution in [0, 0.1) is 5.41 Å². The van der Waals surface area contributed by atoms with Crippen molar-refractivity contribution in [2.75, 3.05) is 7.11 Å². The predicted molar refractivity (Wildman–Crippen MR) is 59.0 cm³/mol. The van der Waals surface area contributed by atoms with Gasteiger partial charge in [0, 0.05) is 7.11 Å². The van der Waals surface area contributed by atoms with Gasteiger partial charge in [0.2, 0.25) is 0 Å². The molecule has 13 heavy (non-hydrogen) atoms. The molecule has 0 aliphatic carbocycles.